The molecule has 0 saturated heterocycles. The van der Waals surface area contributed by atoms with Crippen LogP contribution in [0.4, 0.5) is 0 Å². The lowest BCUT2D eigenvalue weighted by atomic mass is 10.1. The number of hydrogen-bond donors (Lipinski definition) is 1. The number of carbonyl (C=O) groups is 1. The van der Waals surface area contributed by atoms with Crippen molar-refractivity contribution >= 4 is 5.91 Å². The predicted octanol–water partition coefficient (Wildman–Crippen LogP) is 2.55. The van der Waals surface area contributed by atoms with Crippen LogP contribution in [0.5, 0.6) is 0 Å². The lowest BCUT2D eigenvalue weighted by Crippen LogP contribution is -2.37. The second kappa shape index (κ2) is 5.32. The molecule has 0 saturated carbocycles. The van der Waals surface area contributed by atoms with Gasteiger partial charge in [-0.15, -0.1) is 0 Å². The van der Waals surface area contributed by atoms with Gasteiger partial charge >= 0.3 is 0 Å². The van der Waals surface area contributed by atoms with E-state index in [1.807, 2.05) is 23.1 Å². The molecule has 0 aliphatic carbocycles. The average molecular weight is 232 g/mol. The summed E-state index contributed by atoms with van der Waals surface area (Å²) in [4.78, 5) is 14.2. The summed E-state index contributed by atoms with van der Waals surface area (Å²) in [5.41, 5.74) is 1.98. The van der Waals surface area contributed by atoms with Crippen molar-refractivity contribution in [1.29, 1.82) is 0 Å². The fourth-order valence-electron chi connectivity index (χ4n) is 2.34. The van der Waals surface area contributed by atoms with E-state index in [0.717, 1.165) is 37.1 Å². The Morgan fingerprint density at radius 1 is 1.24 bits per heavy atom. The number of hydrogen-bond acceptors (Lipinski definition) is 2. The number of nitrogens with zero attached hydrogens (tertiary/aromatic N) is 1. The molecule has 1 aromatic rings. The number of fused-ring (bicyclic) bond motifs is 1. The van der Waals surface area contributed by atoms with Crippen molar-refractivity contribution in [3.8, 4) is 0 Å². The second-order valence-corrected chi connectivity index (χ2v) is 4.44. The molecule has 3 heteroatoms. The molecule has 0 radical (unpaired) electrons. The molecular weight excluding hydrogens is 212 g/mol. The van der Waals surface area contributed by atoms with Crippen molar-refractivity contribution in [2.24, 2.45) is 0 Å². The molecule has 1 N–H and O–H groups in total. The molecule has 0 fully saturated rings. The van der Waals surface area contributed by atoms with Crippen molar-refractivity contribution in [3.05, 3.63) is 35.4 Å². The van der Waals surface area contributed by atoms with E-state index in [2.05, 4.69) is 25.2 Å². The topological polar surface area (TPSA) is 32.3 Å². The molecule has 1 aromatic carbocycles. The molecule has 1 amide bonds. The second-order valence-electron chi connectivity index (χ2n) is 4.44. The van der Waals surface area contributed by atoms with E-state index in [-0.39, 0.29) is 12.1 Å². The minimum Gasteiger partial charge on any atom is -0.319 e. The smallest absolute Gasteiger partial charge is 0.255 e. The van der Waals surface area contributed by atoms with Crippen LogP contribution in [-0.4, -0.2) is 23.9 Å². The van der Waals surface area contributed by atoms with E-state index in [9.17, 15) is 4.79 Å². The Morgan fingerprint density at radius 2 is 2.00 bits per heavy atom. The van der Waals surface area contributed by atoms with Gasteiger partial charge in [0.1, 0.15) is 6.17 Å². The first-order chi connectivity index (χ1) is 8.29. The number of carbonyl (C=O) groups excluding carboxylic acids is 1. The first-order valence-electron chi connectivity index (χ1n) is 6.42. The van der Waals surface area contributed by atoms with Crippen LogP contribution in [0.2, 0.25) is 0 Å². The van der Waals surface area contributed by atoms with Crippen LogP contribution in [-0.2, 0) is 0 Å². The SMILES string of the molecule is CCCNC1c2ccccc2C(=O)N1CCC. The van der Waals surface area contributed by atoms with E-state index in [1.54, 1.807) is 0 Å². The molecule has 0 spiro atoms. The molecule has 92 valence electrons. The lowest BCUT2D eigenvalue weighted by Gasteiger charge is -2.25. The molecule has 1 atom stereocenters. The molecule has 1 aliphatic heterocycles. The highest BCUT2D eigenvalue weighted by Crippen LogP contribution is 2.31. The Hall–Kier alpha value is -1.35. The fourth-order valence-corrected chi connectivity index (χ4v) is 2.34. The van der Waals surface area contributed by atoms with Crippen molar-refractivity contribution in [1.82, 2.24) is 10.2 Å². The maximum atomic E-state index is 12.2. The van der Waals surface area contributed by atoms with Gasteiger partial charge in [-0.1, -0.05) is 32.0 Å². The zero-order valence-corrected chi connectivity index (χ0v) is 10.6. The Balaban J connectivity index is 2.28. The van der Waals surface area contributed by atoms with Crippen molar-refractivity contribution in [2.75, 3.05) is 13.1 Å². The number of rotatable bonds is 5. The molecule has 1 heterocycles. The summed E-state index contributed by atoms with van der Waals surface area (Å²) in [6.07, 6.45) is 2.13. The molecule has 0 aromatic heterocycles. The largest absolute Gasteiger partial charge is 0.319 e. The lowest BCUT2D eigenvalue weighted by molar-refractivity contribution is 0.0695. The van der Waals surface area contributed by atoms with Crippen LogP contribution in [0.1, 0.15) is 48.8 Å². The van der Waals surface area contributed by atoms with Crippen LogP contribution < -0.4 is 5.32 Å². The van der Waals surface area contributed by atoms with E-state index in [0.29, 0.717) is 0 Å². The minimum absolute atomic E-state index is 0.0681. The number of nitrogens with one attached hydrogen (secondary N) is 1. The van der Waals surface area contributed by atoms with Gasteiger partial charge in [0, 0.05) is 17.7 Å². The van der Waals surface area contributed by atoms with Gasteiger partial charge < -0.3 is 4.90 Å². The molecule has 0 bridgehead atoms. The molecule has 1 aliphatic rings. The first-order valence-corrected chi connectivity index (χ1v) is 6.42. The van der Waals surface area contributed by atoms with Gasteiger partial charge in [0.2, 0.25) is 0 Å². The molecule has 1 unspecified atom stereocenters. The standard InChI is InChI=1S/C14H20N2O/c1-3-9-15-13-11-7-5-6-8-12(11)14(17)16(13)10-4-2/h5-8,13,15H,3-4,9-10H2,1-2H3. The van der Waals surface area contributed by atoms with Gasteiger partial charge in [-0.3, -0.25) is 10.1 Å². The van der Waals surface area contributed by atoms with Crippen LogP contribution in [0, 0.1) is 0 Å². The maximum Gasteiger partial charge on any atom is 0.255 e. The van der Waals surface area contributed by atoms with E-state index < -0.39 is 0 Å². The van der Waals surface area contributed by atoms with E-state index in [1.165, 1.54) is 0 Å². The summed E-state index contributed by atoms with van der Waals surface area (Å²) >= 11 is 0. The van der Waals surface area contributed by atoms with Crippen molar-refractivity contribution in [2.45, 2.75) is 32.9 Å². The Labute approximate surface area is 103 Å². The van der Waals surface area contributed by atoms with Gasteiger partial charge in [-0.25, -0.2) is 0 Å². The van der Waals surface area contributed by atoms with Crippen LogP contribution in [0.15, 0.2) is 24.3 Å². The summed E-state index contributed by atoms with van der Waals surface area (Å²) in [5.74, 6) is 0.163. The minimum atomic E-state index is 0.0681. The van der Waals surface area contributed by atoms with Crippen molar-refractivity contribution in [3.63, 3.8) is 0 Å². The summed E-state index contributed by atoms with van der Waals surface area (Å²) in [7, 11) is 0. The highest BCUT2D eigenvalue weighted by atomic mass is 16.2. The maximum absolute atomic E-state index is 12.2. The summed E-state index contributed by atoms with van der Waals surface area (Å²) in [6.45, 7) is 5.99. The number of amides is 1. The highest BCUT2D eigenvalue weighted by molar-refractivity contribution is 5.99. The predicted molar refractivity (Wildman–Crippen MR) is 68.8 cm³/mol. The van der Waals surface area contributed by atoms with Crippen LogP contribution >= 0.6 is 0 Å². The molecular formula is C14H20N2O. The Bertz CT molecular complexity index is 403. The Kier molecular flexibility index (Phi) is 3.79. The third-order valence-electron chi connectivity index (χ3n) is 3.11. The van der Waals surface area contributed by atoms with Gasteiger partial charge in [0.25, 0.3) is 5.91 Å². The molecule has 3 nitrogen and oxygen atoms in total. The molecule has 2 rings (SSSR count). The van der Waals surface area contributed by atoms with Gasteiger partial charge in [-0.05, 0) is 25.5 Å². The number of benzene rings is 1. The summed E-state index contributed by atoms with van der Waals surface area (Å²) in [5, 5.41) is 3.46. The van der Waals surface area contributed by atoms with Gasteiger partial charge in [0.05, 0.1) is 0 Å². The van der Waals surface area contributed by atoms with E-state index >= 15 is 0 Å². The van der Waals surface area contributed by atoms with Crippen molar-refractivity contribution < 1.29 is 4.79 Å². The quantitative estimate of drug-likeness (QED) is 0.846. The zero-order valence-electron chi connectivity index (χ0n) is 10.6. The summed E-state index contributed by atoms with van der Waals surface area (Å²) < 4.78 is 0. The molecule has 17 heavy (non-hydrogen) atoms. The third kappa shape index (κ3) is 2.20. The summed E-state index contributed by atoms with van der Waals surface area (Å²) in [6, 6.07) is 7.91. The highest BCUT2D eigenvalue weighted by Gasteiger charge is 2.34. The average Bonchev–Trinajstić information content (AvgIpc) is 2.62. The third-order valence-corrected chi connectivity index (χ3v) is 3.11. The normalized spacial score (nSPS) is 18.6. The van der Waals surface area contributed by atoms with Crippen LogP contribution in [0.25, 0.3) is 0 Å². The zero-order chi connectivity index (χ0) is 12.3. The van der Waals surface area contributed by atoms with Crippen LogP contribution in [0.3, 0.4) is 0 Å². The van der Waals surface area contributed by atoms with Gasteiger partial charge in [-0.2, -0.15) is 0 Å². The first kappa shape index (κ1) is 12.1. The van der Waals surface area contributed by atoms with E-state index in [4.69, 9.17) is 0 Å². The van der Waals surface area contributed by atoms with Gasteiger partial charge in [0.15, 0.2) is 0 Å². The Morgan fingerprint density at radius 3 is 2.71 bits per heavy atom. The fraction of sp³-hybridized carbons (Fsp3) is 0.500. The monoisotopic (exact) mass is 232 g/mol.